The highest BCUT2D eigenvalue weighted by Gasteiger charge is 2.25. The first-order valence-corrected chi connectivity index (χ1v) is 21.5. The molecule has 352 valence electrons. The van der Waals surface area contributed by atoms with Crippen LogP contribution in [0.1, 0.15) is 96.2 Å². The molecule has 0 aromatic heterocycles. The molecule has 0 aliphatic rings. The van der Waals surface area contributed by atoms with Gasteiger partial charge < -0.3 is 24.4 Å². The molecule has 0 spiro atoms. The molecule has 4 amide bonds. The lowest BCUT2D eigenvalue weighted by atomic mass is 10.1. The Kier molecular flexibility index (Phi) is 24.5. The van der Waals surface area contributed by atoms with Crippen molar-refractivity contribution in [3.8, 4) is 0 Å². The number of nitrogens with zero attached hydrogens (tertiary/aromatic N) is 5. The summed E-state index contributed by atoms with van der Waals surface area (Å²) < 4.78 is 15.4. The number of hydrogen-bond donors (Lipinski definition) is 5. The van der Waals surface area contributed by atoms with Crippen molar-refractivity contribution in [3.63, 3.8) is 0 Å². The van der Waals surface area contributed by atoms with Crippen LogP contribution in [0.4, 0.5) is 26.7 Å². The molecule has 3 rings (SSSR count). The predicted octanol–water partition coefficient (Wildman–Crippen LogP) is 7.58. The fourth-order valence-corrected chi connectivity index (χ4v) is 5.41. The zero-order chi connectivity index (χ0) is 49.7. The van der Waals surface area contributed by atoms with Gasteiger partial charge in [-0.3, -0.25) is 54.5 Å². The maximum atomic E-state index is 12.0. The average Bonchev–Trinajstić information content (AvgIpc) is 3.20. The number of nitro benzene ring substituents is 3. The van der Waals surface area contributed by atoms with Gasteiger partial charge in [-0.05, 0) is 78.3 Å². The number of carboxylic acids is 1. The Morgan fingerprint density at radius 1 is 0.641 bits per heavy atom. The first kappa shape index (κ1) is 57.8. The average molecular weight is 955 g/mol. The van der Waals surface area contributed by atoms with E-state index >= 15 is 0 Å². The normalized spacial score (nSPS) is 10.4. The number of hydrogen-bond acceptors (Lipinski definition) is 17. The number of thiol groups is 1. The molecule has 0 unspecified atom stereocenters. The van der Waals surface area contributed by atoms with Gasteiger partial charge in [0, 0.05) is 72.6 Å². The number of ether oxygens (including phenoxy) is 2. The lowest BCUT2D eigenvalue weighted by molar-refractivity contribution is -0.385. The molecular formula is C39H54N8O14S3. The fourth-order valence-electron chi connectivity index (χ4n) is 4.81. The first-order chi connectivity index (χ1) is 29.7. The third kappa shape index (κ3) is 20.3. The van der Waals surface area contributed by atoms with Gasteiger partial charge >= 0.3 is 18.2 Å². The van der Waals surface area contributed by atoms with Crippen LogP contribution in [0.25, 0.3) is 0 Å². The maximum Gasteiger partial charge on any atom is 0.410 e. The van der Waals surface area contributed by atoms with Crippen LogP contribution in [0.15, 0.2) is 54.6 Å². The summed E-state index contributed by atoms with van der Waals surface area (Å²) in [5.41, 5.74) is -0.441. The third-order valence-corrected chi connectivity index (χ3v) is 8.39. The molecule has 0 fully saturated rings. The summed E-state index contributed by atoms with van der Waals surface area (Å²) in [6.07, 6.45) is 2.76. The van der Waals surface area contributed by atoms with E-state index in [1.165, 1.54) is 60.3 Å². The van der Waals surface area contributed by atoms with Crippen molar-refractivity contribution in [2.45, 2.75) is 79.2 Å². The number of aromatic carboxylic acids is 1. The lowest BCUT2D eigenvalue weighted by Gasteiger charge is -2.24. The molecule has 0 saturated carbocycles. The zero-order valence-corrected chi connectivity index (χ0v) is 39.7. The van der Waals surface area contributed by atoms with Gasteiger partial charge in [0.25, 0.3) is 28.9 Å². The molecule has 0 saturated heterocycles. The molecule has 22 nitrogen and oxygen atoms in total. The highest BCUT2D eigenvalue weighted by atomic mass is 32.2. The number of rotatable bonds is 13. The summed E-state index contributed by atoms with van der Waals surface area (Å²) in [7, 11) is 2.94. The smallest absolute Gasteiger partial charge is 0.410 e. The number of nitrogens with two attached hydrogens (primary N) is 1. The molecule has 0 bridgehead atoms. The second-order valence-corrected chi connectivity index (χ2v) is 16.1. The van der Waals surface area contributed by atoms with E-state index < -0.39 is 50.0 Å². The quantitative estimate of drug-likeness (QED) is 0.0477. The van der Waals surface area contributed by atoms with Crippen molar-refractivity contribution in [2.24, 2.45) is 5.14 Å². The molecule has 0 heterocycles. The summed E-state index contributed by atoms with van der Waals surface area (Å²) in [6.45, 7) is 12.1. The third-order valence-electron chi connectivity index (χ3n) is 7.61. The maximum absolute atomic E-state index is 12.0. The number of amides is 4. The van der Waals surface area contributed by atoms with Crippen molar-refractivity contribution >= 4 is 83.7 Å². The SMILES string of the molecule is CCc1ccc(C(=O)NSC)cc1[N+](=O)[O-].CN(Cc1ccc(C(=O)O)cc1[N+](=O)[O-])C(=O)OC(C)(C)C.CSNC(=O)c1ccc(CN(C)C(=O)OC(C)(C)C)c([N+](=O)[O-])c1.NS. The number of benzene rings is 3. The van der Waals surface area contributed by atoms with Crippen molar-refractivity contribution in [1.82, 2.24) is 19.2 Å². The summed E-state index contributed by atoms with van der Waals surface area (Å²) in [5.74, 6) is -1.99. The summed E-state index contributed by atoms with van der Waals surface area (Å²) in [6, 6.07) is 12.2. The number of nitrogens with one attached hydrogen (secondary N) is 2. The highest BCUT2D eigenvalue weighted by molar-refractivity contribution is 7.97. The standard InChI is InChI=1S/C15H21N3O5S.C14H18N2O6.C10H12N2O3S.H3NS/c1-15(2,3)23-14(20)17(4)9-11-7-6-10(13(19)16-24-5)8-12(11)18(21)22;1-14(2,3)22-13(19)15(4)8-10-6-5-9(12(17)18)7-11(10)16(20)21;1-3-7-4-5-8(10(13)11-16-2)6-9(7)12(14)15;1-2/h6-8H,9H2,1-5H3,(H,16,19);5-7H,8H2,1-4H3,(H,17,18);4-6H,3H2,1-2H3,(H,11,13);2H,1H2. The number of aryl methyl sites for hydroxylation is 1. The van der Waals surface area contributed by atoms with E-state index in [4.69, 9.17) is 14.6 Å². The van der Waals surface area contributed by atoms with Crippen LogP contribution in [-0.4, -0.2) is 97.5 Å². The van der Waals surface area contributed by atoms with Crippen LogP contribution < -0.4 is 14.6 Å². The van der Waals surface area contributed by atoms with Gasteiger partial charge in [0.05, 0.1) is 33.4 Å². The molecule has 3 aromatic carbocycles. The summed E-state index contributed by atoms with van der Waals surface area (Å²) in [4.78, 5) is 91.8. The molecular weight excluding hydrogens is 901 g/mol. The molecule has 5 N–H and O–H groups in total. The van der Waals surface area contributed by atoms with E-state index in [1.807, 2.05) is 6.92 Å². The van der Waals surface area contributed by atoms with Crippen LogP contribution in [0.5, 0.6) is 0 Å². The second kappa shape index (κ2) is 27.1. The molecule has 0 radical (unpaired) electrons. The minimum atomic E-state index is -1.25. The Morgan fingerprint density at radius 3 is 1.22 bits per heavy atom. The van der Waals surface area contributed by atoms with Gasteiger partial charge in [-0.1, -0.05) is 36.9 Å². The van der Waals surface area contributed by atoms with Crippen molar-refractivity contribution in [2.75, 3.05) is 26.6 Å². The van der Waals surface area contributed by atoms with Gasteiger partial charge in [-0.25, -0.2) is 14.4 Å². The molecule has 25 heteroatoms. The van der Waals surface area contributed by atoms with Crippen LogP contribution in [0.3, 0.4) is 0 Å². The van der Waals surface area contributed by atoms with E-state index in [-0.39, 0.29) is 52.7 Å². The second-order valence-electron chi connectivity index (χ2n) is 14.9. The monoisotopic (exact) mass is 954 g/mol. The van der Waals surface area contributed by atoms with E-state index in [0.717, 1.165) is 30.0 Å². The lowest BCUT2D eigenvalue weighted by Crippen LogP contribution is -2.34. The van der Waals surface area contributed by atoms with Crippen molar-refractivity contribution < 1.29 is 53.3 Å². The van der Waals surface area contributed by atoms with E-state index in [0.29, 0.717) is 23.1 Å². The van der Waals surface area contributed by atoms with Gasteiger partial charge in [-0.2, -0.15) is 0 Å². The number of carbonyl (C=O) groups is 5. The van der Waals surface area contributed by atoms with Crippen LogP contribution in [-0.2, 0) is 29.0 Å². The predicted molar refractivity (Wildman–Crippen MR) is 246 cm³/mol. The number of carboxylic acid groups (broad SMARTS) is 1. The van der Waals surface area contributed by atoms with Gasteiger partial charge in [0.2, 0.25) is 0 Å². The Labute approximate surface area is 384 Å². The molecule has 3 aromatic rings. The Morgan fingerprint density at radius 2 is 0.938 bits per heavy atom. The highest BCUT2D eigenvalue weighted by Crippen LogP contribution is 2.25. The topological polar surface area (TPSA) is 310 Å². The minimum absolute atomic E-state index is 0.00347. The fraction of sp³-hybridized carbons (Fsp3) is 0.410. The Balaban J connectivity index is 0.000000928. The number of carbonyl (C=O) groups excluding carboxylic acids is 4. The van der Waals surface area contributed by atoms with Crippen molar-refractivity contribution in [1.29, 1.82) is 0 Å². The summed E-state index contributed by atoms with van der Waals surface area (Å²) >= 11 is 5.29. The largest absolute Gasteiger partial charge is 0.478 e. The van der Waals surface area contributed by atoms with E-state index in [1.54, 1.807) is 66.2 Å². The van der Waals surface area contributed by atoms with E-state index in [2.05, 4.69) is 27.4 Å². The van der Waals surface area contributed by atoms with E-state index in [9.17, 15) is 54.3 Å². The minimum Gasteiger partial charge on any atom is -0.478 e. The van der Waals surface area contributed by atoms with Gasteiger partial charge in [0.1, 0.15) is 11.2 Å². The first-order valence-electron chi connectivity index (χ1n) is 18.5. The Bertz CT molecular complexity index is 2150. The molecule has 0 atom stereocenters. The summed E-state index contributed by atoms with van der Waals surface area (Å²) in [5, 5.41) is 46.2. The van der Waals surface area contributed by atoms with Crippen LogP contribution >= 0.6 is 36.7 Å². The molecule has 64 heavy (non-hydrogen) atoms. The van der Waals surface area contributed by atoms with Crippen LogP contribution in [0.2, 0.25) is 0 Å². The van der Waals surface area contributed by atoms with Crippen molar-refractivity contribution in [3.05, 3.63) is 118 Å². The number of nitro groups is 3. The van der Waals surface area contributed by atoms with Gasteiger partial charge in [0.15, 0.2) is 0 Å². The molecule has 0 aliphatic carbocycles. The van der Waals surface area contributed by atoms with Gasteiger partial charge in [-0.15, -0.1) is 12.8 Å². The Hall–Kier alpha value is -6.18. The zero-order valence-electron chi connectivity index (χ0n) is 37.1. The molecule has 0 aliphatic heterocycles. The van der Waals surface area contributed by atoms with Crippen LogP contribution in [0, 0.1) is 30.3 Å².